The van der Waals surface area contributed by atoms with Crippen LogP contribution in [0.4, 0.5) is 5.13 Å². The second-order valence-corrected chi connectivity index (χ2v) is 6.76. The van der Waals surface area contributed by atoms with E-state index in [0.717, 1.165) is 36.1 Å². The van der Waals surface area contributed by atoms with Crippen LogP contribution in [0.1, 0.15) is 18.4 Å². The monoisotopic (exact) mass is 313 g/mol. The summed E-state index contributed by atoms with van der Waals surface area (Å²) < 4.78 is 1.11. The zero-order chi connectivity index (χ0) is 15.5. The number of rotatable bonds is 3. The molecule has 1 aliphatic heterocycles. The Kier molecular flexibility index (Phi) is 4.41. The maximum absolute atomic E-state index is 12.4. The molecule has 3 rings (SSSR count). The molecule has 1 N–H and O–H groups in total. The summed E-state index contributed by atoms with van der Waals surface area (Å²) in [5, 5.41) is 3.67. The topological polar surface area (TPSA) is 45.2 Å². The van der Waals surface area contributed by atoms with E-state index in [1.54, 1.807) is 0 Å². The second-order valence-electron chi connectivity index (χ2n) is 5.73. The van der Waals surface area contributed by atoms with Crippen LogP contribution < -0.4 is 5.32 Å². The summed E-state index contributed by atoms with van der Waals surface area (Å²) in [6, 6.07) is 6.13. The van der Waals surface area contributed by atoms with Gasteiger partial charge in [0.1, 0.15) is 0 Å². The third-order valence-electron chi connectivity index (χ3n) is 4.05. The van der Waals surface area contributed by atoms with Gasteiger partial charge in [-0.05, 0) is 50.6 Å². The third kappa shape index (κ3) is 3.29. The van der Waals surface area contributed by atoms with Crippen LogP contribution in [0.15, 0.2) is 18.2 Å². The Bertz CT molecular complexity index is 723. The molecule has 1 aliphatic rings. The van der Waals surface area contributed by atoms with Crippen molar-refractivity contribution in [3.8, 4) is 12.3 Å². The quantitative estimate of drug-likeness (QED) is 0.886. The highest BCUT2D eigenvalue weighted by atomic mass is 32.1. The molecule has 4 nitrogen and oxygen atoms in total. The zero-order valence-corrected chi connectivity index (χ0v) is 13.4. The Balaban J connectivity index is 1.62. The molecule has 1 fully saturated rings. The van der Waals surface area contributed by atoms with E-state index in [0.29, 0.717) is 11.7 Å². The summed E-state index contributed by atoms with van der Waals surface area (Å²) >= 11 is 1.53. The van der Waals surface area contributed by atoms with Gasteiger partial charge in [-0.3, -0.25) is 9.69 Å². The number of anilines is 1. The number of terminal acetylenes is 1. The standard InChI is InChI=1S/C17H19N3OS/c1-3-8-20-9-6-13(7-10-20)16(21)19-17-18-14-5-4-12(2)11-15(14)22-17/h1,4-5,11,13H,6-10H2,2H3,(H,18,19,21). The average molecular weight is 313 g/mol. The molecule has 0 saturated carbocycles. The number of hydrogen-bond acceptors (Lipinski definition) is 4. The summed E-state index contributed by atoms with van der Waals surface area (Å²) in [5.41, 5.74) is 2.14. The van der Waals surface area contributed by atoms with Gasteiger partial charge < -0.3 is 5.32 Å². The van der Waals surface area contributed by atoms with Crippen molar-refractivity contribution in [2.45, 2.75) is 19.8 Å². The first-order valence-corrected chi connectivity index (χ1v) is 8.31. The van der Waals surface area contributed by atoms with Crippen LogP contribution in [-0.4, -0.2) is 35.4 Å². The molecule has 114 valence electrons. The number of likely N-dealkylation sites (tertiary alicyclic amines) is 1. The number of piperidine rings is 1. The van der Waals surface area contributed by atoms with Crippen LogP contribution in [0.2, 0.25) is 0 Å². The summed E-state index contributed by atoms with van der Waals surface area (Å²) in [6.07, 6.45) is 7.04. The van der Waals surface area contributed by atoms with Crippen molar-refractivity contribution >= 4 is 32.6 Å². The summed E-state index contributed by atoms with van der Waals surface area (Å²) in [4.78, 5) is 19.1. The molecule has 0 bridgehead atoms. The predicted molar refractivity (Wildman–Crippen MR) is 91.0 cm³/mol. The fourth-order valence-corrected chi connectivity index (χ4v) is 3.74. The van der Waals surface area contributed by atoms with E-state index in [1.165, 1.54) is 16.9 Å². The van der Waals surface area contributed by atoms with E-state index in [1.807, 2.05) is 12.1 Å². The lowest BCUT2D eigenvalue weighted by molar-refractivity contribution is -0.121. The summed E-state index contributed by atoms with van der Waals surface area (Å²) in [6.45, 7) is 4.51. The third-order valence-corrected chi connectivity index (χ3v) is 4.98. The molecule has 1 aromatic heterocycles. The molecule has 0 spiro atoms. The van der Waals surface area contributed by atoms with Gasteiger partial charge in [0.15, 0.2) is 5.13 Å². The van der Waals surface area contributed by atoms with Crippen molar-refractivity contribution < 1.29 is 4.79 Å². The average Bonchev–Trinajstić information content (AvgIpc) is 2.89. The molecule has 0 aliphatic carbocycles. The number of amides is 1. The van der Waals surface area contributed by atoms with Crippen LogP contribution in [0.5, 0.6) is 0 Å². The Morgan fingerprint density at radius 3 is 3.00 bits per heavy atom. The Morgan fingerprint density at radius 2 is 2.27 bits per heavy atom. The van der Waals surface area contributed by atoms with Crippen molar-refractivity contribution in [2.75, 3.05) is 25.0 Å². The van der Waals surface area contributed by atoms with Gasteiger partial charge in [0.25, 0.3) is 0 Å². The molecule has 22 heavy (non-hydrogen) atoms. The lowest BCUT2D eigenvalue weighted by Gasteiger charge is -2.29. The lowest BCUT2D eigenvalue weighted by Crippen LogP contribution is -2.38. The molecule has 5 heteroatoms. The second kappa shape index (κ2) is 6.47. The lowest BCUT2D eigenvalue weighted by atomic mass is 9.96. The zero-order valence-electron chi connectivity index (χ0n) is 12.6. The minimum absolute atomic E-state index is 0.0581. The highest BCUT2D eigenvalue weighted by Crippen LogP contribution is 2.28. The van der Waals surface area contributed by atoms with E-state index < -0.39 is 0 Å². The number of carbonyl (C=O) groups excluding carboxylic acids is 1. The largest absolute Gasteiger partial charge is 0.302 e. The smallest absolute Gasteiger partial charge is 0.229 e. The van der Waals surface area contributed by atoms with E-state index in [2.05, 4.69) is 34.1 Å². The minimum atomic E-state index is 0.0581. The highest BCUT2D eigenvalue weighted by Gasteiger charge is 2.25. The minimum Gasteiger partial charge on any atom is -0.302 e. The Labute approximate surface area is 134 Å². The normalized spacial score (nSPS) is 16.5. The van der Waals surface area contributed by atoms with Gasteiger partial charge in [0.05, 0.1) is 16.8 Å². The van der Waals surface area contributed by atoms with Crippen LogP contribution in [0.3, 0.4) is 0 Å². The van der Waals surface area contributed by atoms with Gasteiger partial charge in [0, 0.05) is 5.92 Å². The van der Waals surface area contributed by atoms with Gasteiger partial charge in [-0.2, -0.15) is 0 Å². The van der Waals surface area contributed by atoms with Crippen LogP contribution >= 0.6 is 11.3 Å². The maximum atomic E-state index is 12.4. The van der Waals surface area contributed by atoms with Gasteiger partial charge in [-0.1, -0.05) is 23.3 Å². The summed E-state index contributed by atoms with van der Waals surface area (Å²) in [5.74, 6) is 2.80. The molecular formula is C17H19N3OS. The number of nitrogens with one attached hydrogen (secondary N) is 1. The Morgan fingerprint density at radius 1 is 1.50 bits per heavy atom. The molecule has 1 saturated heterocycles. The van der Waals surface area contributed by atoms with Crippen molar-refractivity contribution in [1.29, 1.82) is 0 Å². The SMILES string of the molecule is C#CCN1CCC(C(=O)Nc2nc3ccc(C)cc3s2)CC1. The van der Waals surface area contributed by atoms with Crippen molar-refractivity contribution in [3.63, 3.8) is 0 Å². The number of fused-ring (bicyclic) bond motifs is 1. The van der Waals surface area contributed by atoms with E-state index in [9.17, 15) is 4.79 Å². The van der Waals surface area contributed by atoms with E-state index in [4.69, 9.17) is 6.42 Å². The van der Waals surface area contributed by atoms with E-state index in [-0.39, 0.29) is 11.8 Å². The first kappa shape index (κ1) is 15.0. The van der Waals surface area contributed by atoms with Crippen molar-refractivity contribution in [2.24, 2.45) is 5.92 Å². The van der Waals surface area contributed by atoms with Crippen molar-refractivity contribution in [1.82, 2.24) is 9.88 Å². The fourth-order valence-electron chi connectivity index (χ4n) is 2.78. The molecule has 0 unspecified atom stereocenters. The molecular weight excluding hydrogens is 294 g/mol. The predicted octanol–water partition coefficient (Wildman–Crippen LogP) is 2.89. The maximum Gasteiger partial charge on any atom is 0.229 e. The van der Waals surface area contributed by atoms with E-state index >= 15 is 0 Å². The molecule has 2 aromatic rings. The van der Waals surface area contributed by atoms with Crippen LogP contribution in [-0.2, 0) is 4.79 Å². The number of thiazole rings is 1. The number of carbonyl (C=O) groups is 1. The van der Waals surface area contributed by atoms with Crippen molar-refractivity contribution in [3.05, 3.63) is 23.8 Å². The number of aromatic nitrogens is 1. The van der Waals surface area contributed by atoms with Gasteiger partial charge in [-0.15, -0.1) is 6.42 Å². The molecule has 1 amide bonds. The first-order chi connectivity index (χ1) is 10.7. The van der Waals surface area contributed by atoms with Crippen LogP contribution in [0, 0.1) is 25.2 Å². The number of benzene rings is 1. The molecule has 0 atom stereocenters. The van der Waals surface area contributed by atoms with Gasteiger partial charge >= 0.3 is 0 Å². The molecule has 0 radical (unpaired) electrons. The van der Waals surface area contributed by atoms with Gasteiger partial charge in [0.2, 0.25) is 5.91 Å². The molecule has 1 aromatic carbocycles. The first-order valence-electron chi connectivity index (χ1n) is 7.49. The van der Waals surface area contributed by atoms with Crippen LogP contribution in [0.25, 0.3) is 10.2 Å². The Hall–Kier alpha value is -1.90. The number of nitrogens with zero attached hydrogens (tertiary/aromatic N) is 2. The molecule has 2 heterocycles. The van der Waals surface area contributed by atoms with Gasteiger partial charge in [-0.25, -0.2) is 4.98 Å². The fraction of sp³-hybridized carbons (Fsp3) is 0.412. The number of hydrogen-bond donors (Lipinski definition) is 1. The number of aryl methyl sites for hydroxylation is 1. The highest BCUT2D eigenvalue weighted by molar-refractivity contribution is 7.22. The summed E-state index contributed by atoms with van der Waals surface area (Å²) in [7, 11) is 0.